The van der Waals surface area contributed by atoms with E-state index in [1.165, 1.54) is 88.7 Å². The molecule has 2 aliphatic rings. The number of hydrogen-bond donors (Lipinski definition) is 0. The molecule has 1 aromatic heterocycles. The first-order chi connectivity index (χ1) is 25.1. The van der Waals surface area contributed by atoms with Crippen LogP contribution in [0.4, 0.5) is 11.4 Å². The normalized spacial score (nSPS) is 14.5. The Kier molecular flexibility index (Phi) is 6.69. The van der Waals surface area contributed by atoms with Crippen LogP contribution in [0.1, 0.15) is 37.8 Å². The zero-order chi connectivity index (χ0) is 34.1. The van der Waals surface area contributed by atoms with Gasteiger partial charge in [0.25, 0.3) is 0 Å². The van der Waals surface area contributed by atoms with Gasteiger partial charge in [-0.05, 0) is 106 Å². The Labute approximate surface area is 299 Å². The third kappa shape index (κ3) is 4.63. The molecule has 8 aromatic rings. The standard InChI is InChI=1S/C49H38N2/c1-49(2)44-20-10-8-18-40(44)42-32-38(28-29-45(42)49)50(36-15-4-3-5-16-36)37-26-23-33(24-27-37)35-25-30-48-43(31-35)41-19-9-11-21-47(41)51(48)46-22-12-14-34-13-6-7-17-39(34)46/h3-4,6-15,17-32H,5,16H2,1-2H3. The second kappa shape index (κ2) is 11.5. The van der Waals surface area contributed by atoms with Crippen molar-refractivity contribution in [3.63, 3.8) is 0 Å². The van der Waals surface area contributed by atoms with Gasteiger partial charge in [-0.15, -0.1) is 0 Å². The Morgan fingerprint density at radius 1 is 0.549 bits per heavy atom. The van der Waals surface area contributed by atoms with Crippen LogP contribution in [0.15, 0.2) is 176 Å². The molecule has 0 bridgehead atoms. The predicted molar refractivity (Wildman–Crippen MR) is 216 cm³/mol. The second-order valence-corrected chi connectivity index (χ2v) is 14.5. The Morgan fingerprint density at radius 3 is 2.12 bits per heavy atom. The van der Waals surface area contributed by atoms with Gasteiger partial charge in [0.1, 0.15) is 0 Å². The van der Waals surface area contributed by atoms with Crippen molar-refractivity contribution in [3.05, 3.63) is 187 Å². The van der Waals surface area contributed by atoms with Crippen molar-refractivity contribution in [3.8, 4) is 27.9 Å². The number of para-hydroxylation sites is 1. The molecule has 0 radical (unpaired) electrons. The van der Waals surface area contributed by atoms with E-state index in [4.69, 9.17) is 0 Å². The van der Waals surface area contributed by atoms with Crippen LogP contribution in [0.5, 0.6) is 0 Å². The fraction of sp³-hybridized carbons (Fsp3) is 0.102. The lowest BCUT2D eigenvalue weighted by Gasteiger charge is -2.30. The molecule has 0 saturated heterocycles. The van der Waals surface area contributed by atoms with Crippen molar-refractivity contribution in [1.82, 2.24) is 4.57 Å². The highest BCUT2D eigenvalue weighted by Gasteiger charge is 2.35. The minimum Gasteiger partial charge on any atom is -0.314 e. The summed E-state index contributed by atoms with van der Waals surface area (Å²) < 4.78 is 2.43. The fourth-order valence-electron chi connectivity index (χ4n) is 8.72. The second-order valence-electron chi connectivity index (χ2n) is 14.5. The number of hydrogen-bond acceptors (Lipinski definition) is 1. The van der Waals surface area contributed by atoms with E-state index in [0.717, 1.165) is 12.8 Å². The Bertz CT molecular complexity index is 2710. The molecule has 2 nitrogen and oxygen atoms in total. The average molecular weight is 655 g/mol. The van der Waals surface area contributed by atoms with Gasteiger partial charge in [0.2, 0.25) is 0 Å². The van der Waals surface area contributed by atoms with E-state index in [1.807, 2.05) is 0 Å². The Morgan fingerprint density at radius 2 is 1.25 bits per heavy atom. The van der Waals surface area contributed by atoms with Gasteiger partial charge in [0.15, 0.2) is 0 Å². The van der Waals surface area contributed by atoms with Crippen molar-refractivity contribution in [1.29, 1.82) is 0 Å². The summed E-state index contributed by atoms with van der Waals surface area (Å²) in [5.74, 6) is 0. The molecule has 2 aliphatic carbocycles. The smallest absolute Gasteiger partial charge is 0.0541 e. The molecule has 0 N–H and O–H groups in total. The van der Waals surface area contributed by atoms with Crippen LogP contribution in [0, 0.1) is 0 Å². The summed E-state index contributed by atoms with van der Waals surface area (Å²) in [6.45, 7) is 4.70. The number of rotatable bonds is 5. The maximum atomic E-state index is 2.46. The van der Waals surface area contributed by atoms with Gasteiger partial charge in [-0.1, -0.05) is 129 Å². The van der Waals surface area contributed by atoms with E-state index >= 15 is 0 Å². The van der Waals surface area contributed by atoms with Gasteiger partial charge in [0, 0.05) is 38.6 Å². The highest BCUT2D eigenvalue weighted by atomic mass is 15.1. The molecule has 2 heteroatoms. The van der Waals surface area contributed by atoms with E-state index in [1.54, 1.807) is 0 Å². The van der Waals surface area contributed by atoms with Gasteiger partial charge in [-0.25, -0.2) is 0 Å². The maximum absolute atomic E-state index is 2.46. The van der Waals surface area contributed by atoms with Gasteiger partial charge < -0.3 is 9.47 Å². The molecule has 7 aromatic carbocycles. The molecule has 1 heterocycles. The van der Waals surface area contributed by atoms with Crippen LogP contribution in [-0.4, -0.2) is 4.57 Å². The van der Waals surface area contributed by atoms with Crippen molar-refractivity contribution in [2.75, 3.05) is 4.90 Å². The van der Waals surface area contributed by atoms with E-state index in [-0.39, 0.29) is 5.41 Å². The SMILES string of the molecule is CC1(C)c2ccccc2-c2cc(N(C3=CC=CCC3)c3ccc(-c4ccc5c(c4)c4ccccc4n5-c4cccc5ccccc45)cc3)ccc21. The molecule has 0 spiro atoms. The first kappa shape index (κ1) is 29.8. The zero-order valence-electron chi connectivity index (χ0n) is 29.0. The average Bonchev–Trinajstić information content (AvgIpc) is 3.63. The van der Waals surface area contributed by atoms with Crippen LogP contribution < -0.4 is 4.90 Å². The summed E-state index contributed by atoms with van der Waals surface area (Å²) in [6, 6.07) is 56.2. The molecule has 0 unspecified atom stereocenters. The highest BCUT2D eigenvalue weighted by Crippen LogP contribution is 2.50. The van der Waals surface area contributed by atoms with E-state index in [0.29, 0.717) is 0 Å². The van der Waals surface area contributed by atoms with E-state index in [9.17, 15) is 0 Å². The minimum absolute atomic E-state index is 0.00787. The molecule has 0 saturated carbocycles. The lowest BCUT2D eigenvalue weighted by molar-refractivity contribution is 0.660. The zero-order valence-corrected chi connectivity index (χ0v) is 29.0. The Hall–Kier alpha value is -6.12. The molecule has 0 amide bonds. The van der Waals surface area contributed by atoms with Crippen molar-refractivity contribution in [2.45, 2.75) is 32.1 Å². The van der Waals surface area contributed by atoms with Crippen LogP contribution in [-0.2, 0) is 5.41 Å². The number of nitrogens with zero attached hydrogens (tertiary/aromatic N) is 2. The molecule has 10 rings (SSSR count). The molecular formula is C49H38N2. The van der Waals surface area contributed by atoms with Crippen molar-refractivity contribution < 1.29 is 0 Å². The van der Waals surface area contributed by atoms with Crippen molar-refractivity contribution >= 4 is 44.0 Å². The number of aromatic nitrogens is 1. The summed E-state index contributed by atoms with van der Waals surface area (Å²) >= 11 is 0. The van der Waals surface area contributed by atoms with Gasteiger partial charge in [0.05, 0.1) is 16.7 Å². The summed E-state index contributed by atoms with van der Waals surface area (Å²) in [5, 5.41) is 5.04. The molecular weight excluding hydrogens is 617 g/mol. The van der Waals surface area contributed by atoms with E-state index < -0.39 is 0 Å². The first-order valence-corrected chi connectivity index (χ1v) is 18.1. The molecule has 51 heavy (non-hydrogen) atoms. The third-order valence-electron chi connectivity index (χ3n) is 11.2. The minimum atomic E-state index is -0.00787. The summed E-state index contributed by atoms with van der Waals surface area (Å²) in [6.07, 6.45) is 8.81. The molecule has 0 fully saturated rings. The predicted octanol–water partition coefficient (Wildman–Crippen LogP) is 13.3. The maximum Gasteiger partial charge on any atom is 0.0541 e. The van der Waals surface area contributed by atoms with Crippen molar-refractivity contribution in [2.24, 2.45) is 0 Å². The van der Waals surface area contributed by atoms with Crippen LogP contribution in [0.2, 0.25) is 0 Å². The largest absolute Gasteiger partial charge is 0.314 e. The van der Waals surface area contributed by atoms with Crippen LogP contribution in [0.3, 0.4) is 0 Å². The van der Waals surface area contributed by atoms with Gasteiger partial charge in [-0.2, -0.15) is 0 Å². The summed E-state index contributed by atoms with van der Waals surface area (Å²) in [7, 11) is 0. The first-order valence-electron chi connectivity index (χ1n) is 18.1. The number of allylic oxidation sites excluding steroid dienone is 4. The van der Waals surface area contributed by atoms with E-state index in [2.05, 4.69) is 193 Å². The van der Waals surface area contributed by atoms with Crippen LogP contribution in [0.25, 0.3) is 60.5 Å². The molecule has 244 valence electrons. The number of fused-ring (bicyclic) bond motifs is 7. The number of benzene rings is 7. The fourth-order valence-corrected chi connectivity index (χ4v) is 8.72. The Balaban J connectivity index is 1.07. The number of anilines is 2. The highest BCUT2D eigenvalue weighted by molar-refractivity contribution is 6.11. The quantitative estimate of drug-likeness (QED) is 0.179. The monoisotopic (exact) mass is 654 g/mol. The van der Waals surface area contributed by atoms with Gasteiger partial charge in [-0.3, -0.25) is 0 Å². The topological polar surface area (TPSA) is 8.17 Å². The van der Waals surface area contributed by atoms with Gasteiger partial charge >= 0.3 is 0 Å². The third-order valence-corrected chi connectivity index (χ3v) is 11.2. The lowest BCUT2D eigenvalue weighted by atomic mass is 9.82. The molecule has 0 aliphatic heterocycles. The summed E-state index contributed by atoms with van der Waals surface area (Å²) in [4.78, 5) is 2.46. The van der Waals surface area contributed by atoms with Crippen LogP contribution >= 0.6 is 0 Å². The lowest BCUT2D eigenvalue weighted by Crippen LogP contribution is -2.18. The molecule has 0 atom stereocenters. The summed E-state index contributed by atoms with van der Waals surface area (Å²) in [5.41, 5.74) is 15.3.